The average molecular weight is 302 g/mol. The van der Waals surface area contributed by atoms with E-state index in [2.05, 4.69) is 30.8 Å². The van der Waals surface area contributed by atoms with Gasteiger partial charge in [0.25, 0.3) is 0 Å². The first kappa shape index (κ1) is 12.7. The van der Waals surface area contributed by atoms with E-state index in [1.54, 1.807) is 6.92 Å². The summed E-state index contributed by atoms with van der Waals surface area (Å²) in [4.78, 5) is 10.1. The number of halogens is 2. The number of nitrogens with zero attached hydrogens (tertiary/aromatic N) is 3. The molecule has 94 valence electrons. The first-order valence-corrected chi connectivity index (χ1v) is 7.16. The van der Waals surface area contributed by atoms with Crippen molar-refractivity contribution in [2.75, 3.05) is 16.8 Å². The van der Waals surface area contributed by atoms with Crippen molar-refractivity contribution in [3.05, 3.63) is 17.8 Å². The number of aromatic nitrogens is 2. The molecule has 0 spiro atoms. The van der Waals surface area contributed by atoms with Gasteiger partial charge in [0.2, 0.25) is 0 Å². The van der Waals surface area contributed by atoms with E-state index in [9.17, 15) is 4.39 Å². The summed E-state index contributed by atoms with van der Waals surface area (Å²) in [5, 5.41) is 0.932. The Kier molecular flexibility index (Phi) is 4.31. The monoisotopic (exact) mass is 301 g/mol. The van der Waals surface area contributed by atoms with E-state index in [0.29, 0.717) is 17.6 Å². The molecule has 0 aliphatic heterocycles. The van der Waals surface area contributed by atoms with Gasteiger partial charge in [-0.3, -0.25) is 0 Å². The lowest BCUT2D eigenvalue weighted by molar-refractivity contribution is 0.379. The highest BCUT2D eigenvalue weighted by atomic mass is 79.9. The Morgan fingerprint density at radius 1 is 1.47 bits per heavy atom. The Hall–Kier alpha value is -0.710. The Morgan fingerprint density at radius 3 is 2.82 bits per heavy atom. The first-order chi connectivity index (χ1) is 8.24. The van der Waals surface area contributed by atoms with Crippen molar-refractivity contribution < 1.29 is 4.39 Å². The molecule has 17 heavy (non-hydrogen) atoms. The minimum atomic E-state index is -0.269. The van der Waals surface area contributed by atoms with Crippen molar-refractivity contribution in [2.24, 2.45) is 0 Å². The zero-order valence-corrected chi connectivity index (χ0v) is 11.6. The summed E-state index contributed by atoms with van der Waals surface area (Å²) in [5.74, 6) is 0.206. The Bertz CT molecular complexity index is 382. The number of hydrogen-bond acceptors (Lipinski definition) is 3. The van der Waals surface area contributed by atoms with Crippen molar-refractivity contribution in [3.8, 4) is 0 Å². The van der Waals surface area contributed by atoms with Gasteiger partial charge in [0.1, 0.15) is 6.33 Å². The Morgan fingerprint density at radius 2 is 2.24 bits per heavy atom. The van der Waals surface area contributed by atoms with E-state index in [1.807, 2.05) is 0 Å². The van der Waals surface area contributed by atoms with E-state index >= 15 is 0 Å². The SMILES string of the molecule is Cc1ncnc(N(CCCBr)C2CCC2)c1F. The summed E-state index contributed by atoms with van der Waals surface area (Å²) in [6, 6.07) is 0.456. The van der Waals surface area contributed by atoms with Gasteiger partial charge >= 0.3 is 0 Å². The van der Waals surface area contributed by atoms with Crippen molar-refractivity contribution in [3.63, 3.8) is 0 Å². The van der Waals surface area contributed by atoms with Gasteiger partial charge in [-0.15, -0.1) is 0 Å². The van der Waals surface area contributed by atoms with Gasteiger partial charge in [0.05, 0.1) is 5.69 Å². The molecule has 0 radical (unpaired) electrons. The average Bonchev–Trinajstić information content (AvgIpc) is 2.26. The fourth-order valence-electron chi connectivity index (χ4n) is 2.04. The summed E-state index contributed by atoms with van der Waals surface area (Å²) in [6.07, 6.45) is 5.98. The van der Waals surface area contributed by atoms with Gasteiger partial charge in [0, 0.05) is 17.9 Å². The van der Waals surface area contributed by atoms with E-state index in [0.717, 1.165) is 31.1 Å². The Balaban J connectivity index is 2.21. The zero-order valence-electron chi connectivity index (χ0n) is 9.99. The summed E-state index contributed by atoms with van der Waals surface area (Å²) < 4.78 is 14.0. The van der Waals surface area contributed by atoms with E-state index in [-0.39, 0.29) is 5.82 Å². The molecular weight excluding hydrogens is 285 g/mol. The molecule has 1 aromatic heterocycles. The highest BCUT2D eigenvalue weighted by Crippen LogP contribution is 2.30. The second kappa shape index (κ2) is 5.76. The van der Waals surface area contributed by atoms with Gasteiger partial charge in [-0.2, -0.15) is 0 Å². The van der Waals surface area contributed by atoms with Crippen LogP contribution in [0, 0.1) is 12.7 Å². The topological polar surface area (TPSA) is 29.0 Å². The van der Waals surface area contributed by atoms with Crippen LogP contribution in [0.15, 0.2) is 6.33 Å². The molecule has 0 unspecified atom stereocenters. The molecule has 1 fully saturated rings. The maximum Gasteiger partial charge on any atom is 0.186 e. The van der Waals surface area contributed by atoms with E-state index in [4.69, 9.17) is 0 Å². The number of alkyl halides is 1. The third kappa shape index (κ3) is 2.76. The normalized spacial score (nSPS) is 15.7. The molecule has 1 aliphatic carbocycles. The summed E-state index contributed by atoms with van der Waals surface area (Å²) in [6.45, 7) is 2.53. The standard InChI is InChI=1S/C12H17BrFN3/c1-9-11(14)12(16-8-15-9)17(7-3-6-13)10-4-2-5-10/h8,10H,2-7H2,1H3. The van der Waals surface area contributed by atoms with Crippen LogP contribution in [0.1, 0.15) is 31.4 Å². The van der Waals surface area contributed by atoms with Crippen LogP contribution in [0.5, 0.6) is 0 Å². The van der Waals surface area contributed by atoms with Crippen LogP contribution in [-0.4, -0.2) is 27.9 Å². The fraction of sp³-hybridized carbons (Fsp3) is 0.667. The smallest absolute Gasteiger partial charge is 0.186 e. The number of rotatable bonds is 5. The Labute approximate surface area is 110 Å². The summed E-state index contributed by atoms with van der Waals surface area (Å²) >= 11 is 3.42. The van der Waals surface area contributed by atoms with Gasteiger partial charge in [-0.05, 0) is 32.6 Å². The predicted octanol–water partition coefficient (Wildman–Crippen LogP) is 3.07. The van der Waals surface area contributed by atoms with Gasteiger partial charge in [-0.25, -0.2) is 14.4 Å². The minimum absolute atomic E-state index is 0.269. The zero-order chi connectivity index (χ0) is 12.3. The maximum absolute atomic E-state index is 14.0. The second-order valence-corrected chi connectivity index (χ2v) is 5.21. The van der Waals surface area contributed by atoms with Crippen molar-refractivity contribution in [2.45, 2.75) is 38.6 Å². The van der Waals surface area contributed by atoms with Crippen LogP contribution in [-0.2, 0) is 0 Å². The highest BCUT2D eigenvalue weighted by Gasteiger charge is 2.28. The lowest BCUT2D eigenvalue weighted by Gasteiger charge is -2.38. The molecule has 0 N–H and O–H groups in total. The number of aryl methyl sites for hydroxylation is 1. The third-order valence-corrected chi connectivity index (χ3v) is 3.83. The minimum Gasteiger partial charge on any atom is -0.351 e. The van der Waals surface area contributed by atoms with Crippen LogP contribution in [0.4, 0.5) is 10.2 Å². The van der Waals surface area contributed by atoms with E-state index in [1.165, 1.54) is 12.7 Å². The maximum atomic E-state index is 14.0. The molecule has 5 heteroatoms. The molecule has 2 rings (SSSR count). The van der Waals surface area contributed by atoms with Crippen LogP contribution in [0.3, 0.4) is 0 Å². The van der Waals surface area contributed by atoms with Gasteiger partial charge in [0.15, 0.2) is 11.6 Å². The molecule has 1 aromatic rings. The number of anilines is 1. The second-order valence-electron chi connectivity index (χ2n) is 4.42. The third-order valence-electron chi connectivity index (χ3n) is 3.27. The molecular formula is C12H17BrFN3. The van der Waals surface area contributed by atoms with E-state index < -0.39 is 0 Å². The van der Waals surface area contributed by atoms with Gasteiger partial charge < -0.3 is 4.90 Å². The molecule has 1 aliphatic rings. The first-order valence-electron chi connectivity index (χ1n) is 6.03. The van der Waals surface area contributed by atoms with Crippen molar-refractivity contribution >= 4 is 21.7 Å². The van der Waals surface area contributed by atoms with Crippen LogP contribution < -0.4 is 4.90 Å². The lowest BCUT2D eigenvalue weighted by atomic mass is 9.91. The van der Waals surface area contributed by atoms with Crippen LogP contribution in [0.2, 0.25) is 0 Å². The molecule has 3 nitrogen and oxygen atoms in total. The lowest BCUT2D eigenvalue weighted by Crippen LogP contribution is -2.42. The molecule has 0 aromatic carbocycles. The number of hydrogen-bond donors (Lipinski definition) is 0. The summed E-state index contributed by atoms with van der Waals surface area (Å²) in [7, 11) is 0. The summed E-state index contributed by atoms with van der Waals surface area (Å²) in [5.41, 5.74) is 0.429. The molecule has 0 bridgehead atoms. The fourth-order valence-corrected chi connectivity index (χ4v) is 2.29. The van der Waals surface area contributed by atoms with Crippen molar-refractivity contribution in [1.29, 1.82) is 0 Å². The van der Waals surface area contributed by atoms with Crippen molar-refractivity contribution in [1.82, 2.24) is 9.97 Å². The largest absolute Gasteiger partial charge is 0.351 e. The molecule has 1 heterocycles. The molecule has 0 saturated heterocycles. The molecule has 0 atom stereocenters. The van der Waals surface area contributed by atoms with Crippen LogP contribution >= 0.6 is 15.9 Å². The molecule has 0 amide bonds. The molecule has 1 saturated carbocycles. The van der Waals surface area contributed by atoms with Gasteiger partial charge in [-0.1, -0.05) is 15.9 Å². The van der Waals surface area contributed by atoms with Crippen LogP contribution in [0.25, 0.3) is 0 Å². The predicted molar refractivity (Wildman–Crippen MR) is 70.1 cm³/mol. The highest BCUT2D eigenvalue weighted by molar-refractivity contribution is 9.09. The quantitative estimate of drug-likeness (QED) is 0.783.